The summed E-state index contributed by atoms with van der Waals surface area (Å²) >= 11 is 0. The maximum atomic E-state index is 12.1. The molecule has 2 rings (SSSR count). The monoisotopic (exact) mass is 349 g/mol. The van der Waals surface area contributed by atoms with Crippen molar-refractivity contribution in [3.8, 4) is 0 Å². The van der Waals surface area contributed by atoms with E-state index in [2.05, 4.69) is 5.32 Å². The molecule has 0 aliphatic carbocycles. The fraction of sp³-hybridized carbons (Fsp3) is 0.647. The highest BCUT2D eigenvalue weighted by Gasteiger charge is 2.36. The van der Waals surface area contributed by atoms with Gasteiger partial charge in [0.1, 0.15) is 5.69 Å². The number of carbonyl (C=O) groups excluding carboxylic acids is 2. The number of aromatic nitrogens is 1. The molecule has 0 spiro atoms. The Labute approximate surface area is 149 Å². The van der Waals surface area contributed by atoms with E-state index in [9.17, 15) is 14.7 Å². The molecule has 1 amide bonds. The van der Waals surface area contributed by atoms with Crippen molar-refractivity contribution in [3.05, 3.63) is 18.0 Å². The van der Waals surface area contributed by atoms with Crippen molar-refractivity contribution in [1.29, 1.82) is 0 Å². The fourth-order valence-corrected chi connectivity index (χ4v) is 2.39. The second kappa shape index (κ2) is 7.21. The van der Waals surface area contributed by atoms with Crippen LogP contribution in [-0.2, 0) is 14.2 Å². The molecule has 1 aliphatic heterocycles. The summed E-state index contributed by atoms with van der Waals surface area (Å²) < 4.78 is 12.5. The molecule has 1 unspecified atom stereocenters. The van der Waals surface area contributed by atoms with E-state index < -0.39 is 11.2 Å². The number of rotatable bonds is 7. The zero-order valence-corrected chi connectivity index (χ0v) is 15.5. The van der Waals surface area contributed by atoms with Crippen LogP contribution in [0.2, 0.25) is 0 Å². The average Bonchev–Trinajstić information content (AvgIpc) is 2.93. The third-order valence-electron chi connectivity index (χ3n) is 4.66. The van der Waals surface area contributed by atoms with Gasteiger partial charge in [-0.25, -0.2) is 0 Å². The van der Waals surface area contributed by atoms with E-state index in [4.69, 9.17) is 9.39 Å². The molecule has 0 bridgehead atoms. The van der Waals surface area contributed by atoms with Crippen LogP contribution in [0.4, 0.5) is 0 Å². The van der Waals surface area contributed by atoms with Gasteiger partial charge in [-0.05, 0) is 46.1 Å². The minimum atomic E-state index is -1.04. The third kappa shape index (κ3) is 4.44. The molecule has 0 saturated carbocycles. The maximum Gasteiger partial charge on any atom is 0.332 e. The van der Waals surface area contributed by atoms with E-state index >= 15 is 0 Å². The van der Waals surface area contributed by atoms with Crippen LogP contribution in [0.15, 0.2) is 12.3 Å². The van der Waals surface area contributed by atoms with Gasteiger partial charge in [0.2, 0.25) is 0 Å². The van der Waals surface area contributed by atoms with Gasteiger partial charge in [-0.3, -0.25) is 9.59 Å². The van der Waals surface area contributed by atoms with Gasteiger partial charge in [0.25, 0.3) is 5.91 Å². The summed E-state index contributed by atoms with van der Waals surface area (Å²) in [5.74, 6) is -0.491. The van der Waals surface area contributed by atoms with Crippen LogP contribution in [0.5, 0.6) is 0 Å². The summed E-state index contributed by atoms with van der Waals surface area (Å²) in [5, 5.41) is 12.9. The van der Waals surface area contributed by atoms with Crippen LogP contribution in [0.3, 0.4) is 0 Å². The highest BCUT2D eigenvalue weighted by atomic mass is 16.5. The van der Waals surface area contributed by atoms with Gasteiger partial charge >= 0.3 is 13.5 Å². The fourth-order valence-electron chi connectivity index (χ4n) is 2.39. The Morgan fingerprint density at radius 2 is 2.12 bits per heavy atom. The molecule has 0 saturated heterocycles. The Kier molecular flexibility index (Phi) is 5.63. The number of carbonyl (C=O) groups is 2. The minimum absolute atomic E-state index is 0.186. The van der Waals surface area contributed by atoms with Crippen LogP contribution in [0, 0.1) is 0 Å². The first-order chi connectivity index (χ1) is 11.5. The molecule has 8 heteroatoms. The van der Waals surface area contributed by atoms with Crippen LogP contribution < -0.4 is 10.8 Å². The predicted molar refractivity (Wildman–Crippen MR) is 93.9 cm³/mol. The Morgan fingerprint density at radius 3 is 2.72 bits per heavy atom. The predicted octanol–water partition coefficient (Wildman–Crippen LogP) is 0.536. The molecule has 0 fully saturated rings. The SMILES string of the molecule is CCOC(=O)CC1CNC(=O)c2cc([B]OC(C)(C)C(C)(C)O)cn21. The van der Waals surface area contributed by atoms with Gasteiger partial charge in [0.05, 0.1) is 30.3 Å². The first kappa shape index (κ1) is 19.5. The number of ether oxygens (including phenoxy) is 1. The minimum Gasteiger partial charge on any atom is -0.466 e. The normalized spacial score (nSPS) is 17.7. The zero-order valence-electron chi connectivity index (χ0n) is 15.5. The summed E-state index contributed by atoms with van der Waals surface area (Å²) in [4.78, 5) is 23.8. The van der Waals surface area contributed by atoms with Crippen molar-refractivity contribution >= 4 is 24.8 Å². The molecule has 2 N–H and O–H groups in total. The maximum absolute atomic E-state index is 12.1. The van der Waals surface area contributed by atoms with Gasteiger partial charge in [-0.15, -0.1) is 0 Å². The average molecular weight is 349 g/mol. The Bertz CT molecular complexity index is 648. The molecule has 0 aromatic carbocycles. The zero-order chi connectivity index (χ0) is 18.8. The molecule has 2 heterocycles. The number of hydrogen-bond donors (Lipinski definition) is 2. The topological polar surface area (TPSA) is 89.8 Å². The number of fused-ring (bicyclic) bond motifs is 1. The molecule has 1 radical (unpaired) electrons. The number of aliphatic hydroxyl groups is 1. The lowest BCUT2D eigenvalue weighted by Gasteiger charge is -2.37. The van der Waals surface area contributed by atoms with E-state index in [1.807, 2.05) is 0 Å². The quantitative estimate of drug-likeness (QED) is 0.554. The smallest absolute Gasteiger partial charge is 0.332 e. The molecule has 7 nitrogen and oxygen atoms in total. The largest absolute Gasteiger partial charge is 0.466 e. The molecule has 1 aromatic heterocycles. The molecule has 1 aliphatic rings. The van der Waals surface area contributed by atoms with Crippen LogP contribution in [0.25, 0.3) is 0 Å². The summed E-state index contributed by atoms with van der Waals surface area (Å²) in [6.45, 7) is 9.38. The van der Waals surface area contributed by atoms with Crippen molar-refractivity contribution in [2.24, 2.45) is 0 Å². The number of nitrogens with one attached hydrogen (secondary N) is 1. The highest BCUT2D eigenvalue weighted by Crippen LogP contribution is 2.24. The summed E-state index contributed by atoms with van der Waals surface area (Å²) in [6, 6.07) is 1.50. The van der Waals surface area contributed by atoms with E-state index in [0.717, 1.165) is 0 Å². The molecule has 1 aromatic rings. The first-order valence-electron chi connectivity index (χ1n) is 8.44. The van der Waals surface area contributed by atoms with Crippen molar-refractivity contribution in [2.45, 2.75) is 58.3 Å². The first-order valence-corrected chi connectivity index (χ1v) is 8.44. The molecular weight excluding hydrogens is 323 g/mol. The third-order valence-corrected chi connectivity index (χ3v) is 4.66. The van der Waals surface area contributed by atoms with Gasteiger partial charge in [-0.2, -0.15) is 0 Å². The van der Waals surface area contributed by atoms with Crippen molar-refractivity contribution in [2.75, 3.05) is 13.2 Å². The van der Waals surface area contributed by atoms with Crippen LogP contribution >= 0.6 is 0 Å². The van der Waals surface area contributed by atoms with Gasteiger partial charge in [-0.1, -0.05) is 0 Å². The number of hydrogen-bond acceptors (Lipinski definition) is 5. The van der Waals surface area contributed by atoms with Crippen molar-refractivity contribution in [1.82, 2.24) is 9.88 Å². The Morgan fingerprint density at radius 1 is 1.44 bits per heavy atom. The highest BCUT2D eigenvalue weighted by molar-refractivity contribution is 6.47. The van der Waals surface area contributed by atoms with Crippen molar-refractivity contribution < 1.29 is 24.1 Å². The van der Waals surface area contributed by atoms with E-state index in [-0.39, 0.29) is 24.3 Å². The lowest BCUT2D eigenvalue weighted by Crippen LogP contribution is -2.49. The molecular formula is C17H26BN2O5. The lowest BCUT2D eigenvalue weighted by molar-refractivity contribution is -0.144. The van der Waals surface area contributed by atoms with Gasteiger partial charge < -0.3 is 24.4 Å². The lowest BCUT2D eigenvalue weighted by atomic mass is 9.84. The molecule has 25 heavy (non-hydrogen) atoms. The summed E-state index contributed by atoms with van der Waals surface area (Å²) in [7, 11) is 1.53. The second-order valence-electron chi connectivity index (χ2n) is 7.24. The van der Waals surface area contributed by atoms with Crippen molar-refractivity contribution in [3.63, 3.8) is 0 Å². The number of nitrogens with zero attached hydrogens (tertiary/aromatic N) is 1. The van der Waals surface area contributed by atoms with Crippen LogP contribution in [-0.4, -0.2) is 53.4 Å². The van der Waals surface area contributed by atoms with Crippen LogP contribution in [0.1, 0.15) is 57.6 Å². The summed E-state index contributed by atoms with van der Waals surface area (Å²) in [6.07, 6.45) is 1.96. The molecule has 137 valence electrons. The van der Waals surface area contributed by atoms with E-state index in [1.54, 1.807) is 51.4 Å². The Hall–Kier alpha value is -1.80. The standard InChI is InChI=1S/C17H26BN2O5/c1-6-24-14(21)8-12-9-19-15(22)13-7-11(10-20(12)13)18-25-17(4,5)16(2,3)23/h7,10,12,23H,6,8-9H2,1-5H3,(H,19,22). The van der Waals surface area contributed by atoms with Gasteiger partial charge in [0.15, 0.2) is 0 Å². The van der Waals surface area contributed by atoms with E-state index in [0.29, 0.717) is 24.3 Å². The number of amides is 1. The second-order valence-corrected chi connectivity index (χ2v) is 7.24. The molecule has 1 atom stereocenters. The number of esters is 1. The summed E-state index contributed by atoms with van der Waals surface area (Å²) in [5.41, 5.74) is -0.677. The van der Waals surface area contributed by atoms with Gasteiger partial charge in [0, 0.05) is 12.7 Å². The Balaban J connectivity index is 2.14. The van der Waals surface area contributed by atoms with E-state index in [1.165, 1.54) is 7.48 Å².